The molecule has 0 aromatic carbocycles. The number of amides is 1. The molecule has 16 heavy (non-hydrogen) atoms. The first-order valence-electron chi connectivity index (χ1n) is 4.93. The summed E-state index contributed by atoms with van der Waals surface area (Å²) in [6, 6.07) is 3.50. The molecule has 0 aliphatic carbocycles. The zero-order chi connectivity index (χ0) is 12.2. The molecule has 0 unspecified atom stereocenters. The Bertz CT molecular complexity index is 372. The molecule has 0 bridgehead atoms. The van der Waals surface area contributed by atoms with Crippen molar-refractivity contribution >= 4 is 5.91 Å². The van der Waals surface area contributed by atoms with Gasteiger partial charge in [-0.15, -0.1) is 0 Å². The van der Waals surface area contributed by atoms with Gasteiger partial charge in [0.1, 0.15) is 5.60 Å². The lowest BCUT2D eigenvalue weighted by atomic mass is 10.1. The highest BCUT2D eigenvalue weighted by Crippen LogP contribution is 2.08. The van der Waals surface area contributed by atoms with Crippen LogP contribution in [0.3, 0.4) is 0 Å². The van der Waals surface area contributed by atoms with Gasteiger partial charge in [0.05, 0.1) is 7.11 Å². The average molecular weight is 224 g/mol. The molecular weight excluding hydrogens is 208 g/mol. The molecule has 5 heteroatoms. The van der Waals surface area contributed by atoms with Crippen LogP contribution < -0.4 is 10.1 Å². The third kappa shape index (κ3) is 3.51. The topological polar surface area (TPSA) is 71.5 Å². The lowest BCUT2D eigenvalue weighted by molar-refractivity contribution is -0.136. The Morgan fingerprint density at radius 3 is 2.88 bits per heavy atom. The molecule has 0 spiro atoms. The second-order valence-electron chi connectivity index (χ2n) is 3.95. The zero-order valence-electron chi connectivity index (χ0n) is 9.65. The van der Waals surface area contributed by atoms with Gasteiger partial charge in [-0.3, -0.25) is 4.79 Å². The molecular formula is C11H16N2O3. The van der Waals surface area contributed by atoms with Gasteiger partial charge in [-0.05, 0) is 25.5 Å². The standard InChI is InChI=1S/C11H16N2O3/c1-11(2,15)10(14)13-7-8-4-5-12-9(6-8)16-3/h4-6,15H,7H2,1-3H3,(H,13,14). The van der Waals surface area contributed by atoms with Crippen molar-refractivity contribution in [2.75, 3.05) is 7.11 Å². The molecule has 1 rings (SSSR count). The van der Waals surface area contributed by atoms with E-state index in [1.807, 2.05) is 0 Å². The van der Waals surface area contributed by atoms with Gasteiger partial charge in [0, 0.05) is 18.8 Å². The van der Waals surface area contributed by atoms with Crippen molar-refractivity contribution in [2.24, 2.45) is 0 Å². The second-order valence-corrected chi connectivity index (χ2v) is 3.95. The van der Waals surface area contributed by atoms with Gasteiger partial charge in [-0.1, -0.05) is 0 Å². The summed E-state index contributed by atoms with van der Waals surface area (Å²) in [6.07, 6.45) is 1.60. The normalized spacial score (nSPS) is 11.0. The summed E-state index contributed by atoms with van der Waals surface area (Å²) in [6.45, 7) is 3.21. The summed E-state index contributed by atoms with van der Waals surface area (Å²) < 4.78 is 4.96. The van der Waals surface area contributed by atoms with E-state index in [9.17, 15) is 9.90 Å². The molecule has 1 aromatic rings. The highest BCUT2D eigenvalue weighted by Gasteiger charge is 2.22. The van der Waals surface area contributed by atoms with Gasteiger partial charge in [0.2, 0.25) is 5.88 Å². The molecule has 1 amide bonds. The van der Waals surface area contributed by atoms with Crippen molar-refractivity contribution in [3.63, 3.8) is 0 Å². The molecule has 88 valence electrons. The molecule has 1 aromatic heterocycles. The first-order valence-corrected chi connectivity index (χ1v) is 4.93. The van der Waals surface area contributed by atoms with Gasteiger partial charge in [-0.25, -0.2) is 4.98 Å². The number of methoxy groups -OCH3 is 1. The fourth-order valence-corrected chi connectivity index (χ4v) is 1.07. The molecule has 0 atom stereocenters. The molecule has 1 heterocycles. The predicted molar refractivity (Wildman–Crippen MR) is 58.9 cm³/mol. The number of carbonyl (C=O) groups is 1. The van der Waals surface area contributed by atoms with E-state index >= 15 is 0 Å². The van der Waals surface area contributed by atoms with Crippen LogP contribution in [0.2, 0.25) is 0 Å². The number of pyridine rings is 1. The number of nitrogens with one attached hydrogen (secondary N) is 1. The van der Waals surface area contributed by atoms with Crippen LogP contribution in [0.1, 0.15) is 19.4 Å². The molecule has 2 N–H and O–H groups in total. The van der Waals surface area contributed by atoms with E-state index in [4.69, 9.17) is 4.74 Å². The van der Waals surface area contributed by atoms with Crippen molar-refractivity contribution in [3.8, 4) is 5.88 Å². The van der Waals surface area contributed by atoms with E-state index in [-0.39, 0.29) is 0 Å². The van der Waals surface area contributed by atoms with Crippen LogP contribution in [0.15, 0.2) is 18.3 Å². The van der Waals surface area contributed by atoms with Crippen molar-refractivity contribution < 1.29 is 14.6 Å². The van der Waals surface area contributed by atoms with Gasteiger partial charge >= 0.3 is 0 Å². The Kier molecular flexibility index (Phi) is 3.84. The average Bonchev–Trinajstić information content (AvgIpc) is 2.25. The van der Waals surface area contributed by atoms with Gasteiger partial charge in [0.25, 0.3) is 5.91 Å². The third-order valence-electron chi connectivity index (χ3n) is 2.02. The summed E-state index contributed by atoms with van der Waals surface area (Å²) in [5.41, 5.74) is -0.499. The Morgan fingerprint density at radius 1 is 1.62 bits per heavy atom. The minimum absolute atomic E-state index is 0.335. The molecule has 0 radical (unpaired) electrons. The predicted octanol–water partition coefficient (Wildman–Crippen LogP) is 0.477. The largest absolute Gasteiger partial charge is 0.481 e. The molecule has 0 saturated carbocycles. The van der Waals surface area contributed by atoms with E-state index < -0.39 is 11.5 Å². The van der Waals surface area contributed by atoms with Crippen molar-refractivity contribution in [1.82, 2.24) is 10.3 Å². The van der Waals surface area contributed by atoms with Gasteiger partial charge < -0.3 is 15.2 Å². The van der Waals surface area contributed by atoms with Crippen LogP contribution in [-0.2, 0) is 11.3 Å². The van der Waals surface area contributed by atoms with Crippen molar-refractivity contribution in [3.05, 3.63) is 23.9 Å². The number of rotatable bonds is 4. The van der Waals surface area contributed by atoms with Crippen molar-refractivity contribution in [2.45, 2.75) is 26.0 Å². The second kappa shape index (κ2) is 4.94. The van der Waals surface area contributed by atoms with E-state index in [0.717, 1.165) is 5.56 Å². The summed E-state index contributed by atoms with van der Waals surface area (Å²) in [7, 11) is 1.53. The molecule has 0 aliphatic heterocycles. The minimum atomic E-state index is -1.36. The van der Waals surface area contributed by atoms with Crippen LogP contribution in [0.5, 0.6) is 5.88 Å². The highest BCUT2D eigenvalue weighted by atomic mass is 16.5. The van der Waals surface area contributed by atoms with Crippen molar-refractivity contribution in [1.29, 1.82) is 0 Å². The summed E-state index contributed by atoms with van der Waals surface area (Å²) in [5, 5.41) is 12.0. The van der Waals surface area contributed by atoms with Crippen LogP contribution in [-0.4, -0.2) is 28.7 Å². The molecule has 0 aliphatic rings. The molecule has 5 nitrogen and oxygen atoms in total. The number of nitrogens with zero attached hydrogens (tertiary/aromatic N) is 1. The smallest absolute Gasteiger partial charge is 0.251 e. The summed E-state index contributed by atoms with van der Waals surface area (Å²) in [4.78, 5) is 15.3. The van der Waals surface area contributed by atoms with Crippen LogP contribution in [0, 0.1) is 0 Å². The van der Waals surface area contributed by atoms with Crippen LogP contribution >= 0.6 is 0 Å². The number of hydrogen-bond acceptors (Lipinski definition) is 4. The van der Waals surface area contributed by atoms with E-state index in [2.05, 4.69) is 10.3 Å². The third-order valence-corrected chi connectivity index (χ3v) is 2.02. The number of aromatic nitrogens is 1. The summed E-state index contributed by atoms with van der Waals surface area (Å²) in [5.74, 6) is 0.0817. The highest BCUT2D eigenvalue weighted by molar-refractivity contribution is 5.83. The lowest BCUT2D eigenvalue weighted by Crippen LogP contribution is -2.41. The minimum Gasteiger partial charge on any atom is -0.481 e. The first kappa shape index (κ1) is 12.4. The molecule has 0 fully saturated rings. The van der Waals surface area contributed by atoms with Crippen LogP contribution in [0.25, 0.3) is 0 Å². The number of hydrogen-bond donors (Lipinski definition) is 2. The Morgan fingerprint density at radius 2 is 2.31 bits per heavy atom. The summed E-state index contributed by atoms with van der Waals surface area (Å²) >= 11 is 0. The monoisotopic (exact) mass is 224 g/mol. The Labute approximate surface area is 94.5 Å². The van der Waals surface area contributed by atoms with E-state index in [1.54, 1.807) is 18.3 Å². The van der Waals surface area contributed by atoms with Crippen LogP contribution in [0.4, 0.5) is 0 Å². The quantitative estimate of drug-likeness (QED) is 0.780. The Hall–Kier alpha value is -1.62. The number of aliphatic hydroxyl groups is 1. The first-order chi connectivity index (χ1) is 7.43. The fraction of sp³-hybridized carbons (Fsp3) is 0.455. The number of ether oxygens (including phenoxy) is 1. The fourth-order valence-electron chi connectivity index (χ4n) is 1.07. The zero-order valence-corrected chi connectivity index (χ0v) is 9.65. The van der Waals surface area contributed by atoms with E-state index in [0.29, 0.717) is 12.4 Å². The maximum Gasteiger partial charge on any atom is 0.251 e. The van der Waals surface area contributed by atoms with E-state index in [1.165, 1.54) is 21.0 Å². The maximum atomic E-state index is 11.4. The maximum absolute atomic E-state index is 11.4. The molecule has 0 saturated heterocycles. The Balaban J connectivity index is 2.58. The SMILES string of the molecule is COc1cc(CNC(=O)C(C)(C)O)ccn1. The van der Waals surface area contributed by atoms with Gasteiger partial charge in [-0.2, -0.15) is 0 Å². The number of carbonyl (C=O) groups excluding carboxylic acids is 1. The lowest BCUT2D eigenvalue weighted by Gasteiger charge is -2.16. The van der Waals surface area contributed by atoms with Gasteiger partial charge in [0.15, 0.2) is 0 Å².